The molecule has 0 unspecified atom stereocenters. The van der Waals surface area contributed by atoms with Crippen molar-refractivity contribution in [3.8, 4) is 5.69 Å². The van der Waals surface area contributed by atoms with Crippen molar-refractivity contribution < 1.29 is 4.79 Å². The molecule has 0 N–H and O–H groups in total. The predicted molar refractivity (Wildman–Crippen MR) is 117 cm³/mol. The Morgan fingerprint density at radius 3 is 2.48 bits per heavy atom. The largest absolute Gasteiger partial charge is 0.337 e. The zero-order valence-electron chi connectivity index (χ0n) is 15.6. The van der Waals surface area contributed by atoms with Crippen LogP contribution in [0.5, 0.6) is 0 Å². The Morgan fingerprint density at radius 1 is 1.03 bits per heavy atom. The monoisotopic (exact) mass is 424 g/mol. The molecule has 146 valence electrons. The minimum absolute atomic E-state index is 0.149. The summed E-state index contributed by atoms with van der Waals surface area (Å²) in [7, 11) is 0. The summed E-state index contributed by atoms with van der Waals surface area (Å²) in [6.45, 7) is 1.83. The van der Waals surface area contributed by atoms with E-state index in [4.69, 9.17) is 11.6 Å². The minimum atomic E-state index is -0.557. The molecule has 0 aliphatic carbocycles. The second-order valence-corrected chi connectivity index (χ2v) is 8.12. The molecule has 0 amide bonds. The molecule has 0 aliphatic rings. The number of nitrogens with zero attached hydrogens (tertiary/aromatic N) is 2. The summed E-state index contributed by atoms with van der Waals surface area (Å²) in [4.78, 5) is 40.7. The standard InChI is InChI=1S/C22H17ClN2O3S/c1-2-17-12-18-20(27)25(16-10-6-9-15(23)11-16)22(28)24(21(18)29-17)13-19(26)14-7-4-3-5-8-14/h3-12H,2,13H2,1H3. The van der Waals surface area contributed by atoms with E-state index < -0.39 is 11.2 Å². The number of fused-ring (bicyclic) bond motifs is 1. The van der Waals surface area contributed by atoms with E-state index >= 15 is 0 Å². The van der Waals surface area contributed by atoms with Crippen LogP contribution in [0.2, 0.25) is 5.02 Å². The van der Waals surface area contributed by atoms with Gasteiger partial charge in [-0.3, -0.25) is 14.2 Å². The van der Waals surface area contributed by atoms with Crippen LogP contribution in [0.3, 0.4) is 0 Å². The van der Waals surface area contributed by atoms with Gasteiger partial charge >= 0.3 is 5.69 Å². The van der Waals surface area contributed by atoms with Gasteiger partial charge in [-0.25, -0.2) is 9.36 Å². The van der Waals surface area contributed by atoms with E-state index in [0.717, 1.165) is 15.9 Å². The molecular weight excluding hydrogens is 408 g/mol. The van der Waals surface area contributed by atoms with Gasteiger partial charge in [0.05, 0.1) is 17.6 Å². The molecule has 0 atom stereocenters. The molecule has 0 saturated heterocycles. The van der Waals surface area contributed by atoms with Gasteiger partial charge in [0.1, 0.15) is 4.83 Å². The van der Waals surface area contributed by atoms with Crippen LogP contribution in [-0.4, -0.2) is 14.9 Å². The number of aryl methyl sites for hydroxylation is 1. The molecule has 7 heteroatoms. The maximum absolute atomic E-state index is 13.3. The fourth-order valence-electron chi connectivity index (χ4n) is 3.22. The van der Waals surface area contributed by atoms with Gasteiger partial charge in [-0.15, -0.1) is 11.3 Å². The van der Waals surface area contributed by atoms with Crippen molar-refractivity contribution in [3.05, 3.63) is 97.0 Å². The van der Waals surface area contributed by atoms with Crippen molar-refractivity contribution in [2.24, 2.45) is 0 Å². The number of benzene rings is 2. The van der Waals surface area contributed by atoms with Crippen molar-refractivity contribution in [2.45, 2.75) is 19.9 Å². The highest BCUT2D eigenvalue weighted by atomic mass is 35.5. The third-order valence-corrected chi connectivity index (χ3v) is 6.21. The lowest BCUT2D eigenvalue weighted by Crippen LogP contribution is -2.39. The van der Waals surface area contributed by atoms with Crippen molar-refractivity contribution in [2.75, 3.05) is 0 Å². The summed E-state index contributed by atoms with van der Waals surface area (Å²) in [5, 5.41) is 0.840. The Bertz CT molecular complexity index is 1340. The molecule has 0 spiro atoms. The number of hydrogen-bond acceptors (Lipinski definition) is 4. The van der Waals surface area contributed by atoms with Crippen molar-refractivity contribution >= 4 is 38.9 Å². The summed E-state index contributed by atoms with van der Waals surface area (Å²) >= 11 is 7.44. The molecule has 0 saturated carbocycles. The lowest BCUT2D eigenvalue weighted by molar-refractivity contribution is 0.0972. The van der Waals surface area contributed by atoms with E-state index in [1.54, 1.807) is 54.6 Å². The summed E-state index contributed by atoms with van der Waals surface area (Å²) in [5.74, 6) is -0.197. The number of thiophene rings is 1. The highest BCUT2D eigenvalue weighted by Crippen LogP contribution is 2.24. The molecule has 0 radical (unpaired) electrons. The van der Waals surface area contributed by atoms with Gasteiger partial charge in [0.25, 0.3) is 5.56 Å². The van der Waals surface area contributed by atoms with Crippen molar-refractivity contribution in [3.63, 3.8) is 0 Å². The Balaban J connectivity index is 1.97. The van der Waals surface area contributed by atoms with E-state index in [0.29, 0.717) is 26.5 Å². The SMILES string of the molecule is CCc1cc2c(=O)n(-c3cccc(Cl)c3)c(=O)n(CC(=O)c3ccccc3)c2s1. The molecule has 2 heterocycles. The van der Waals surface area contributed by atoms with Crippen LogP contribution in [0.4, 0.5) is 0 Å². The Hall–Kier alpha value is -2.96. The van der Waals surface area contributed by atoms with Gasteiger partial charge in [0.2, 0.25) is 0 Å². The first kappa shape index (κ1) is 19.4. The van der Waals surface area contributed by atoms with E-state index in [2.05, 4.69) is 0 Å². The van der Waals surface area contributed by atoms with Gasteiger partial charge < -0.3 is 0 Å². The molecule has 5 nitrogen and oxygen atoms in total. The highest BCUT2D eigenvalue weighted by Gasteiger charge is 2.19. The molecule has 4 aromatic rings. The maximum Gasteiger partial charge on any atom is 0.337 e. The van der Waals surface area contributed by atoms with E-state index in [9.17, 15) is 14.4 Å². The van der Waals surface area contributed by atoms with Crippen LogP contribution in [0, 0.1) is 0 Å². The molecule has 0 aliphatic heterocycles. The number of halogens is 1. The number of carbonyl (C=O) groups excluding carboxylic acids is 1. The minimum Gasteiger partial charge on any atom is -0.292 e. The van der Waals surface area contributed by atoms with Gasteiger partial charge in [-0.05, 0) is 30.7 Å². The quantitative estimate of drug-likeness (QED) is 0.448. The summed E-state index contributed by atoms with van der Waals surface area (Å²) in [6.07, 6.45) is 0.733. The fourth-order valence-corrected chi connectivity index (χ4v) is 4.48. The summed E-state index contributed by atoms with van der Waals surface area (Å²) < 4.78 is 2.47. The predicted octanol–water partition coefficient (Wildman–Crippen LogP) is 4.31. The van der Waals surface area contributed by atoms with Crippen molar-refractivity contribution in [1.82, 2.24) is 9.13 Å². The Kier molecular flexibility index (Phi) is 5.22. The first-order valence-electron chi connectivity index (χ1n) is 9.12. The van der Waals surface area contributed by atoms with Gasteiger partial charge in [-0.2, -0.15) is 0 Å². The maximum atomic E-state index is 13.3. The molecule has 29 heavy (non-hydrogen) atoms. The third-order valence-electron chi connectivity index (χ3n) is 4.68. The topological polar surface area (TPSA) is 61.1 Å². The number of aromatic nitrogens is 2. The van der Waals surface area contributed by atoms with Crippen LogP contribution in [-0.2, 0) is 13.0 Å². The Morgan fingerprint density at radius 2 is 1.79 bits per heavy atom. The second-order valence-electron chi connectivity index (χ2n) is 6.56. The number of Topliss-reactive ketones (excluding diaryl/α,β-unsaturated/α-hetero) is 1. The summed E-state index contributed by atoms with van der Waals surface area (Å²) in [5.41, 5.74) is -0.0786. The van der Waals surface area contributed by atoms with Gasteiger partial charge in [0, 0.05) is 15.5 Å². The lowest BCUT2D eigenvalue weighted by Gasteiger charge is -2.12. The summed E-state index contributed by atoms with van der Waals surface area (Å²) in [6, 6.07) is 17.2. The van der Waals surface area contributed by atoms with E-state index in [1.807, 2.05) is 13.0 Å². The van der Waals surface area contributed by atoms with Crippen molar-refractivity contribution in [1.29, 1.82) is 0 Å². The molecular formula is C22H17ClN2O3S. The average molecular weight is 425 g/mol. The smallest absolute Gasteiger partial charge is 0.292 e. The molecule has 0 bridgehead atoms. The first-order chi connectivity index (χ1) is 14.0. The Labute approximate surface area is 175 Å². The second kappa shape index (κ2) is 7.81. The fraction of sp³-hybridized carbons (Fsp3) is 0.136. The van der Waals surface area contributed by atoms with Gasteiger partial charge in [-0.1, -0.05) is 54.9 Å². The normalized spacial score (nSPS) is 11.1. The average Bonchev–Trinajstić information content (AvgIpc) is 3.17. The zero-order valence-corrected chi connectivity index (χ0v) is 17.2. The molecule has 4 rings (SSSR count). The van der Waals surface area contributed by atoms with Crippen LogP contribution >= 0.6 is 22.9 Å². The molecule has 2 aromatic carbocycles. The lowest BCUT2D eigenvalue weighted by atomic mass is 10.1. The zero-order chi connectivity index (χ0) is 20.5. The third kappa shape index (κ3) is 3.57. The van der Waals surface area contributed by atoms with Crippen LogP contribution in [0.1, 0.15) is 22.2 Å². The van der Waals surface area contributed by atoms with Crippen LogP contribution < -0.4 is 11.2 Å². The van der Waals surface area contributed by atoms with Gasteiger partial charge in [0.15, 0.2) is 5.78 Å². The number of ketones is 1. The number of carbonyl (C=O) groups is 1. The van der Waals surface area contributed by atoms with Crippen LogP contribution in [0.25, 0.3) is 15.9 Å². The molecule has 2 aromatic heterocycles. The first-order valence-corrected chi connectivity index (χ1v) is 10.3. The van der Waals surface area contributed by atoms with Crippen LogP contribution in [0.15, 0.2) is 70.3 Å². The number of hydrogen-bond donors (Lipinski definition) is 0. The van der Waals surface area contributed by atoms with E-state index in [1.165, 1.54) is 15.9 Å². The number of rotatable bonds is 5. The molecule has 0 fully saturated rings. The van der Waals surface area contributed by atoms with E-state index in [-0.39, 0.29) is 12.3 Å². The highest BCUT2D eigenvalue weighted by molar-refractivity contribution is 7.18.